The minimum Gasteiger partial charge on any atom is -0.465 e. The van der Waals surface area contributed by atoms with Gasteiger partial charge in [-0.3, -0.25) is 4.79 Å². The van der Waals surface area contributed by atoms with Gasteiger partial charge >= 0.3 is 12.1 Å². The average molecular weight is 196 g/mol. The van der Waals surface area contributed by atoms with E-state index < -0.39 is 23.5 Å². The number of carbonyl (C=O) groups is 2. The molecule has 0 spiro atoms. The minimum absolute atomic E-state index is 0.200. The maximum atomic E-state index is 12.0. The van der Waals surface area contributed by atoms with Crippen LogP contribution in [0.15, 0.2) is 11.6 Å². The van der Waals surface area contributed by atoms with Gasteiger partial charge in [-0.25, -0.2) is 4.79 Å². The second-order valence-electron chi connectivity index (χ2n) is 2.16. The average Bonchev–Trinajstić information content (AvgIpc) is 1.96. The Labute approximate surface area is 72.2 Å². The first-order valence-electron chi connectivity index (χ1n) is 3.16. The summed E-state index contributed by atoms with van der Waals surface area (Å²) in [5.74, 6) is -2.43. The molecule has 0 N–H and O–H groups in total. The Morgan fingerprint density at radius 3 is 2.00 bits per heavy atom. The van der Waals surface area contributed by atoms with Crippen molar-refractivity contribution in [3.63, 3.8) is 0 Å². The molecule has 0 heterocycles. The van der Waals surface area contributed by atoms with Crippen molar-refractivity contribution in [2.45, 2.75) is 13.1 Å². The molecule has 0 saturated heterocycles. The Balaban J connectivity index is 4.99. The second-order valence-corrected chi connectivity index (χ2v) is 2.16. The molecule has 0 atom stereocenters. The van der Waals surface area contributed by atoms with E-state index in [1.165, 1.54) is 0 Å². The highest BCUT2D eigenvalue weighted by Gasteiger charge is 2.39. The lowest BCUT2D eigenvalue weighted by Gasteiger charge is -2.07. The molecule has 0 bridgehead atoms. The van der Waals surface area contributed by atoms with Crippen LogP contribution >= 0.6 is 0 Å². The molecule has 0 fully saturated rings. The van der Waals surface area contributed by atoms with E-state index in [0.717, 1.165) is 14.0 Å². The fraction of sp³-hybridized carbons (Fsp3) is 0.429. The number of ketones is 1. The van der Waals surface area contributed by atoms with Gasteiger partial charge in [0, 0.05) is 6.08 Å². The van der Waals surface area contributed by atoms with Crippen LogP contribution in [0, 0.1) is 0 Å². The largest absolute Gasteiger partial charge is 0.465 e. The van der Waals surface area contributed by atoms with Crippen LogP contribution in [0.5, 0.6) is 0 Å². The molecule has 0 aliphatic heterocycles. The van der Waals surface area contributed by atoms with Gasteiger partial charge in [-0.15, -0.1) is 0 Å². The van der Waals surface area contributed by atoms with Gasteiger partial charge in [-0.2, -0.15) is 13.2 Å². The molecular formula is C7H7F3O3. The third-order valence-corrected chi connectivity index (χ3v) is 1.06. The first kappa shape index (κ1) is 11.7. The second kappa shape index (κ2) is 4.06. The number of esters is 1. The number of rotatable bonds is 2. The van der Waals surface area contributed by atoms with Gasteiger partial charge in [0.25, 0.3) is 0 Å². The molecule has 0 unspecified atom stereocenters. The first-order valence-corrected chi connectivity index (χ1v) is 3.16. The molecule has 13 heavy (non-hydrogen) atoms. The van der Waals surface area contributed by atoms with Crippen LogP contribution in [0.2, 0.25) is 0 Å². The normalized spacial score (nSPS) is 12.5. The van der Waals surface area contributed by atoms with Gasteiger partial charge in [0.1, 0.15) is 5.57 Å². The third-order valence-electron chi connectivity index (χ3n) is 1.06. The first-order chi connectivity index (χ1) is 5.79. The van der Waals surface area contributed by atoms with Gasteiger partial charge in [0.2, 0.25) is 0 Å². The molecule has 74 valence electrons. The Morgan fingerprint density at radius 2 is 1.77 bits per heavy atom. The predicted molar refractivity (Wildman–Crippen MR) is 36.8 cm³/mol. The van der Waals surface area contributed by atoms with Crippen molar-refractivity contribution in [1.29, 1.82) is 0 Å². The van der Waals surface area contributed by atoms with E-state index in [4.69, 9.17) is 0 Å². The number of methoxy groups -OCH3 is 1. The smallest absolute Gasteiger partial charge is 0.423 e. The van der Waals surface area contributed by atoms with Crippen LogP contribution in [0.1, 0.15) is 6.92 Å². The molecule has 0 aliphatic carbocycles. The van der Waals surface area contributed by atoms with Gasteiger partial charge in [0.05, 0.1) is 7.11 Å². The van der Waals surface area contributed by atoms with Crippen LogP contribution in [0.4, 0.5) is 13.2 Å². The summed E-state index contributed by atoms with van der Waals surface area (Å²) in [5.41, 5.74) is -1.59. The van der Waals surface area contributed by atoms with Crippen molar-refractivity contribution >= 4 is 11.8 Å². The number of halogens is 3. The molecule has 0 aliphatic rings. The summed E-state index contributed by atoms with van der Waals surface area (Å²) < 4.78 is 39.8. The Kier molecular flexibility index (Phi) is 3.65. The molecule has 0 aromatic heterocycles. The maximum Gasteiger partial charge on any atom is 0.423 e. The summed E-state index contributed by atoms with van der Waals surface area (Å²) in [5, 5.41) is 0. The fourth-order valence-corrected chi connectivity index (χ4v) is 0.570. The standard InChI is InChI=1S/C7H7F3O3/c1-4(11)3-5(6(12)13-2)7(8,9)10/h3H,1-2H3/b5-3+. The van der Waals surface area contributed by atoms with E-state index in [-0.39, 0.29) is 6.08 Å². The molecule has 0 radical (unpaired) electrons. The van der Waals surface area contributed by atoms with Crippen LogP contribution in [-0.4, -0.2) is 25.0 Å². The molecule has 0 rings (SSSR count). The van der Waals surface area contributed by atoms with Crippen molar-refractivity contribution < 1.29 is 27.5 Å². The number of alkyl halides is 3. The van der Waals surface area contributed by atoms with Crippen molar-refractivity contribution in [1.82, 2.24) is 0 Å². The maximum absolute atomic E-state index is 12.0. The number of hydrogen-bond acceptors (Lipinski definition) is 3. The molecule has 0 aromatic carbocycles. The van der Waals surface area contributed by atoms with Crippen LogP contribution in [0.25, 0.3) is 0 Å². The fourth-order valence-electron chi connectivity index (χ4n) is 0.570. The van der Waals surface area contributed by atoms with Crippen molar-refractivity contribution in [3.8, 4) is 0 Å². The highest BCUT2D eigenvalue weighted by atomic mass is 19.4. The molecule has 6 heteroatoms. The summed E-state index contributed by atoms with van der Waals surface area (Å²) >= 11 is 0. The van der Waals surface area contributed by atoms with Crippen LogP contribution in [0.3, 0.4) is 0 Å². The van der Waals surface area contributed by atoms with E-state index in [9.17, 15) is 22.8 Å². The molecule has 0 saturated carbocycles. The van der Waals surface area contributed by atoms with Gasteiger partial charge < -0.3 is 4.74 Å². The zero-order valence-corrected chi connectivity index (χ0v) is 6.94. The van der Waals surface area contributed by atoms with E-state index >= 15 is 0 Å². The van der Waals surface area contributed by atoms with E-state index in [0.29, 0.717) is 0 Å². The number of allylic oxidation sites excluding steroid dienone is 1. The highest BCUT2D eigenvalue weighted by molar-refractivity contribution is 5.99. The molecule has 3 nitrogen and oxygen atoms in total. The molecule has 0 amide bonds. The van der Waals surface area contributed by atoms with Gasteiger partial charge in [0.15, 0.2) is 5.78 Å². The number of carbonyl (C=O) groups excluding carboxylic acids is 2. The molecule has 0 aromatic rings. The van der Waals surface area contributed by atoms with Crippen LogP contribution in [-0.2, 0) is 14.3 Å². The summed E-state index contributed by atoms with van der Waals surface area (Å²) in [6.07, 6.45) is -4.66. The van der Waals surface area contributed by atoms with Crippen molar-refractivity contribution in [2.75, 3.05) is 7.11 Å². The van der Waals surface area contributed by atoms with Gasteiger partial charge in [-0.05, 0) is 6.92 Å². The zero-order chi connectivity index (χ0) is 10.6. The van der Waals surface area contributed by atoms with Crippen molar-refractivity contribution in [3.05, 3.63) is 11.6 Å². The highest BCUT2D eigenvalue weighted by Crippen LogP contribution is 2.26. The lowest BCUT2D eigenvalue weighted by Crippen LogP contribution is -2.22. The Morgan fingerprint density at radius 1 is 1.31 bits per heavy atom. The predicted octanol–water partition coefficient (Wildman–Crippen LogP) is 1.24. The summed E-state index contributed by atoms with van der Waals surface area (Å²) in [7, 11) is 0.808. The number of hydrogen-bond donors (Lipinski definition) is 0. The van der Waals surface area contributed by atoms with Crippen LogP contribution < -0.4 is 0 Å². The summed E-state index contributed by atoms with van der Waals surface area (Å²) in [6.45, 7) is 0.911. The summed E-state index contributed by atoms with van der Waals surface area (Å²) in [4.78, 5) is 20.9. The van der Waals surface area contributed by atoms with E-state index in [1.54, 1.807) is 0 Å². The monoisotopic (exact) mass is 196 g/mol. The van der Waals surface area contributed by atoms with Crippen molar-refractivity contribution in [2.24, 2.45) is 0 Å². The lowest BCUT2D eigenvalue weighted by molar-refractivity contribution is -0.148. The quantitative estimate of drug-likeness (QED) is 0.493. The van der Waals surface area contributed by atoms with Gasteiger partial charge in [-0.1, -0.05) is 0 Å². The van der Waals surface area contributed by atoms with E-state index in [1.807, 2.05) is 0 Å². The topological polar surface area (TPSA) is 43.4 Å². The number of ether oxygens (including phenoxy) is 1. The summed E-state index contributed by atoms with van der Waals surface area (Å²) in [6, 6.07) is 0. The Bertz CT molecular complexity index is 252. The third kappa shape index (κ3) is 3.73. The zero-order valence-electron chi connectivity index (χ0n) is 6.94. The lowest BCUT2D eigenvalue weighted by atomic mass is 10.2. The SMILES string of the molecule is COC(=O)/C(=C\C(C)=O)C(F)(F)F. The Hall–Kier alpha value is -1.33. The van der Waals surface area contributed by atoms with E-state index in [2.05, 4.69) is 4.74 Å². The minimum atomic E-state index is -4.86. The molecular weight excluding hydrogens is 189 g/mol.